The lowest BCUT2D eigenvalue weighted by Gasteiger charge is -2.27. The van der Waals surface area contributed by atoms with Crippen LogP contribution in [0.1, 0.15) is 31.2 Å². The summed E-state index contributed by atoms with van der Waals surface area (Å²) in [5.74, 6) is 0. The zero-order valence-electron chi connectivity index (χ0n) is 10.5. The van der Waals surface area contributed by atoms with Crippen molar-refractivity contribution in [3.05, 3.63) is 23.8 Å². The minimum Gasteiger partial charge on any atom is -0.383 e. The number of para-hydroxylation sites is 1. The molecule has 1 aromatic carbocycles. The fourth-order valence-electron chi connectivity index (χ4n) is 2.51. The molecule has 0 unspecified atom stereocenters. The number of hydrogen-bond acceptors (Lipinski definition) is 2. The number of urea groups is 1. The Kier molecular flexibility index (Phi) is 3.09. The molecule has 1 heterocycles. The summed E-state index contributed by atoms with van der Waals surface area (Å²) >= 11 is 0. The second-order valence-electron chi connectivity index (χ2n) is 5.10. The van der Waals surface area contributed by atoms with Gasteiger partial charge in [-0.3, -0.25) is 0 Å². The van der Waals surface area contributed by atoms with E-state index in [4.69, 9.17) is 0 Å². The average Bonchev–Trinajstić information content (AvgIpc) is 2.34. The van der Waals surface area contributed by atoms with E-state index < -0.39 is 0 Å². The number of fused-ring (bicyclic) bond motifs is 1. The van der Waals surface area contributed by atoms with Gasteiger partial charge >= 0.3 is 6.03 Å². The molecule has 2 amide bonds. The number of carbonyl (C=O) groups is 1. The minimum absolute atomic E-state index is 0.0829. The number of hydrogen-bond donors (Lipinski definition) is 3. The normalized spacial score (nSPS) is 18.2. The van der Waals surface area contributed by atoms with E-state index in [-0.39, 0.29) is 6.03 Å². The Balaban J connectivity index is 1.69. The van der Waals surface area contributed by atoms with Crippen molar-refractivity contribution in [2.75, 3.05) is 17.2 Å². The maximum Gasteiger partial charge on any atom is 0.319 e. The molecule has 3 rings (SSSR count). The Labute approximate surface area is 107 Å². The van der Waals surface area contributed by atoms with E-state index in [1.807, 2.05) is 12.1 Å². The van der Waals surface area contributed by atoms with E-state index in [1.54, 1.807) is 0 Å². The lowest BCUT2D eigenvalue weighted by atomic mass is 9.93. The molecule has 4 nitrogen and oxygen atoms in total. The molecule has 0 radical (unpaired) electrons. The van der Waals surface area contributed by atoms with Gasteiger partial charge in [-0.15, -0.1) is 0 Å². The van der Waals surface area contributed by atoms with Crippen molar-refractivity contribution < 1.29 is 4.79 Å². The van der Waals surface area contributed by atoms with Crippen LogP contribution in [0.3, 0.4) is 0 Å². The van der Waals surface area contributed by atoms with Crippen LogP contribution in [0.25, 0.3) is 0 Å². The highest BCUT2D eigenvalue weighted by atomic mass is 16.2. The van der Waals surface area contributed by atoms with Crippen molar-refractivity contribution in [3.8, 4) is 0 Å². The van der Waals surface area contributed by atoms with Crippen molar-refractivity contribution in [2.45, 2.75) is 38.1 Å². The quantitative estimate of drug-likeness (QED) is 0.750. The Morgan fingerprint density at radius 2 is 2.17 bits per heavy atom. The molecule has 0 atom stereocenters. The fraction of sp³-hybridized carbons (Fsp3) is 0.500. The second kappa shape index (κ2) is 4.88. The lowest BCUT2D eigenvalue weighted by Crippen LogP contribution is -2.42. The molecule has 1 fully saturated rings. The zero-order chi connectivity index (χ0) is 12.4. The first-order valence-corrected chi connectivity index (χ1v) is 6.76. The SMILES string of the molecule is O=C(Nc1cccc2c1NCCC2)NC1CCC1. The molecule has 3 N–H and O–H groups in total. The summed E-state index contributed by atoms with van der Waals surface area (Å²) in [6.45, 7) is 0.982. The maximum atomic E-state index is 11.9. The Bertz CT molecular complexity index is 454. The molecule has 1 aliphatic carbocycles. The van der Waals surface area contributed by atoms with Gasteiger partial charge in [0, 0.05) is 12.6 Å². The molecule has 1 aliphatic heterocycles. The van der Waals surface area contributed by atoms with Gasteiger partial charge in [-0.1, -0.05) is 12.1 Å². The molecular formula is C14H19N3O. The number of rotatable bonds is 2. The number of benzene rings is 1. The summed E-state index contributed by atoms with van der Waals surface area (Å²) in [4.78, 5) is 11.9. The van der Waals surface area contributed by atoms with Gasteiger partial charge in [-0.2, -0.15) is 0 Å². The molecule has 1 aromatic rings. The molecule has 18 heavy (non-hydrogen) atoms. The second-order valence-corrected chi connectivity index (χ2v) is 5.10. The Morgan fingerprint density at radius 1 is 1.28 bits per heavy atom. The molecule has 4 heteroatoms. The van der Waals surface area contributed by atoms with Crippen molar-refractivity contribution in [1.29, 1.82) is 0 Å². The summed E-state index contributed by atoms with van der Waals surface area (Å²) in [5.41, 5.74) is 3.28. The van der Waals surface area contributed by atoms with Crippen molar-refractivity contribution >= 4 is 17.4 Å². The van der Waals surface area contributed by atoms with E-state index in [2.05, 4.69) is 22.0 Å². The Hall–Kier alpha value is -1.71. The highest BCUT2D eigenvalue weighted by Crippen LogP contribution is 2.30. The van der Waals surface area contributed by atoms with Gasteiger partial charge in [0.05, 0.1) is 11.4 Å². The number of anilines is 2. The third kappa shape index (κ3) is 2.28. The minimum atomic E-state index is -0.0829. The van der Waals surface area contributed by atoms with E-state index in [1.165, 1.54) is 12.0 Å². The molecule has 1 saturated carbocycles. The molecular weight excluding hydrogens is 226 g/mol. The summed E-state index contributed by atoms with van der Waals surface area (Å²) in [6, 6.07) is 6.37. The molecule has 0 saturated heterocycles. The molecule has 2 aliphatic rings. The lowest BCUT2D eigenvalue weighted by molar-refractivity contribution is 0.240. The predicted molar refractivity (Wildman–Crippen MR) is 73.0 cm³/mol. The highest BCUT2D eigenvalue weighted by molar-refractivity contribution is 5.94. The van der Waals surface area contributed by atoms with E-state index in [0.29, 0.717) is 6.04 Å². The third-order valence-electron chi connectivity index (χ3n) is 3.76. The van der Waals surface area contributed by atoms with Gasteiger partial charge in [0.2, 0.25) is 0 Å². The van der Waals surface area contributed by atoms with Crippen LogP contribution in [-0.2, 0) is 6.42 Å². The predicted octanol–water partition coefficient (Wildman–Crippen LogP) is 2.72. The Morgan fingerprint density at radius 3 is 2.94 bits per heavy atom. The summed E-state index contributed by atoms with van der Waals surface area (Å²) in [6.07, 6.45) is 5.69. The van der Waals surface area contributed by atoms with Gasteiger partial charge in [0.1, 0.15) is 0 Å². The zero-order valence-corrected chi connectivity index (χ0v) is 10.5. The van der Waals surface area contributed by atoms with Crippen LogP contribution < -0.4 is 16.0 Å². The maximum absolute atomic E-state index is 11.9. The average molecular weight is 245 g/mol. The third-order valence-corrected chi connectivity index (χ3v) is 3.76. The number of nitrogens with one attached hydrogen (secondary N) is 3. The molecule has 96 valence electrons. The van der Waals surface area contributed by atoms with Gasteiger partial charge < -0.3 is 16.0 Å². The topological polar surface area (TPSA) is 53.2 Å². The number of aryl methyl sites for hydroxylation is 1. The van der Waals surface area contributed by atoms with E-state index in [0.717, 1.165) is 43.6 Å². The standard InChI is InChI=1S/C14H19N3O/c18-14(16-11-6-2-7-11)17-12-8-1-4-10-5-3-9-15-13(10)12/h1,4,8,11,15H,2-3,5-7,9H2,(H2,16,17,18). The van der Waals surface area contributed by atoms with Gasteiger partial charge in [-0.25, -0.2) is 4.79 Å². The first-order chi connectivity index (χ1) is 8.83. The summed E-state index contributed by atoms with van der Waals surface area (Å²) in [5, 5.41) is 9.33. The highest BCUT2D eigenvalue weighted by Gasteiger charge is 2.20. The van der Waals surface area contributed by atoms with Crippen LogP contribution in [-0.4, -0.2) is 18.6 Å². The first-order valence-electron chi connectivity index (χ1n) is 6.76. The molecule has 0 spiro atoms. The summed E-state index contributed by atoms with van der Waals surface area (Å²) in [7, 11) is 0. The smallest absolute Gasteiger partial charge is 0.319 e. The van der Waals surface area contributed by atoms with E-state index >= 15 is 0 Å². The monoisotopic (exact) mass is 245 g/mol. The summed E-state index contributed by atoms with van der Waals surface area (Å²) < 4.78 is 0. The van der Waals surface area contributed by atoms with Crippen LogP contribution in [0, 0.1) is 0 Å². The molecule has 0 aromatic heterocycles. The van der Waals surface area contributed by atoms with Crippen LogP contribution in [0.4, 0.5) is 16.2 Å². The van der Waals surface area contributed by atoms with Gasteiger partial charge in [-0.05, 0) is 43.7 Å². The largest absolute Gasteiger partial charge is 0.383 e. The molecule has 0 bridgehead atoms. The van der Waals surface area contributed by atoms with Crippen LogP contribution in [0.15, 0.2) is 18.2 Å². The van der Waals surface area contributed by atoms with Crippen molar-refractivity contribution in [2.24, 2.45) is 0 Å². The number of amides is 2. The van der Waals surface area contributed by atoms with E-state index in [9.17, 15) is 4.79 Å². The van der Waals surface area contributed by atoms with Crippen LogP contribution >= 0.6 is 0 Å². The van der Waals surface area contributed by atoms with Gasteiger partial charge in [0.25, 0.3) is 0 Å². The van der Waals surface area contributed by atoms with Crippen molar-refractivity contribution in [3.63, 3.8) is 0 Å². The number of carbonyl (C=O) groups excluding carboxylic acids is 1. The van der Waals surface area contributed by atoms with Crippen LogP contribution in [0.2, 0.25) is 0 Å². The van der Waals surface area contributed by atoms with Crippen LogP contribution in [0.5, 0.6) is 0 Å². The van der Waals surface area contributed by atoms with Gasteiger partial charge in [0.15, 0.2) is 0 Å². The van der Waals surface area contributed by atoms with Crippen molar-refractivity contribution in [1.82, 2.24) is 5.32 Å². The first kappa shape index (κ1) is 11.4. The fourth-order valence-corrected chi connectivity index (χ4v) is 2.51.